The average Bonchev–Trinajstić information content (AvgIpc) is 1.69. The van der Waals surface area contributed by atoms with Gasteiger partial charge in [0.05, 0.1) is 124 Å². The van der Waals surface area contributed by atoms with Gasteiger partial charge in [-0.3, -0.25) is 19.3 Å². The molecule has 730 valence electrons. The van der Waals surface area contributed by atoms with Crippen molar-refractivity contribution in [3.05, 3.63) is 132 Å². The van der Waals surface area contributed by atoms with Crippen molar-refractivity contribution in [1.82, 2.24) is 80.7 Å². The van der Waals surface area contributed by atoms with E-state index < -0.39 is 78.4 Å². The lowest BCUT2D eigenvalue weighted by atomic mass is 9.92. The molecule has 9 N–H and O–H groups in total. The second-order valence-corrected chi connectivity index (χ2v) is 37.4. The molecule has 6 aromatic carbocycles. The van der Waals surface area contributed by atoms with E-state index >= 15 is 0 Å². The number of alkyl carbamates (subject to hydrolysis) is 4. The van der Waals surface area contributed by atoms with E-state index in [9.17, 15) is 43.2 Å². The Labute approximate surface area is 790 Å². The number of nitrogens with zero attached hydrogens (tertiary/aromatic N) is 8. The number of likely N-dealkylation sites (tertiary alicyclic amines) is 4. The Balaban J connectivity index is 0.000000204. The number of benzene rings is 6. The number of methoxy groups -OCH3 is 8. The van der Waals surface area contributed by atoms with Crippen molar-refractivity contribution in [2.24, 2.45) is 35.5 Å². The summed E-state index contributed by atoms with van der Waals surface area (Å²) in [6.45, 7) is 24.9. The highest BCUT2D eigenvalue weighted by Crippen LogP contribution is 2.48. The monoisotopic (exact) mass is 1880 g/mol. The zero-order valence-electron chi connectivity index (χ0n) is 80.6. The molecule has 136 heavy (non-hydrogen) atoms. The Morgan fingerprint density at radius 1 is 0.471 bits per heavy atom. The third-order valence-corrected chi connectivity index (χ3v) is 26.9. The molecule has 4 fully saturated rings. The van der Waals surface area contributed by atoms with E-state index in [1.807, 2.05) is 88.9 Å². The van der Waals surface area contributed by atoms with Gasteiger partial charge in [-0.2, -0.15) is 0 Å². The largest absolute Gasteiger partial charge is 0.488 e. The van der Waals surface area contributed by atoms with Crippen LogP contribution in [-0.4, -0.2) is 257 Å². The Bertz CT molecular complexity index is 6070. The number of fused-ring (bicyclic) bond motifs is 12. The molecule has 8 amide bonds. The molecule has 10 heterocycles. The Kier molecular flexibility index (Phi) is 30.8. The number of imidazole rings is 4. The van der Waals surface area contributed by atoms with Gasteiger partial charge in [-0.15, -0.1) is 0 Å². The summed E-state index contributed by atoms with van der Waals surface area (Å²) in [4.78, 5) is 154. The number of aromatic nitrogens is 8. The van der Waals surface area contributed by atoms with Crippen LogP contribution in [0.15, 0.2) is 97.3 Å². The first-order chi connectivity index (χ1) is 65.1. The number of rotatable bonds is 26. The second-order valence-electron chi connectivity index (χ2n) is 37.4. The summed E-state index contributed by atoms with van der Waals surface area (Å²) in [7, 11) is 11.2. The lowest BCUT2D eigenvalue weighted by Gasteiger charge is -2.30. The fourth-order valence-corrected chi connectivity index (χ4v) is 19.2. The van der Waals surface area contributed by atoms with E-state index in [1.54, 1.807) is 30.9 Å². The maximum atomic E-state index is 14.1. The third kappa shape index (κ3) is 21.3. The first-order valence-electron chi connectivity index (χ1n) is 46.2. The van der Waals surface area contributed by atoms with Gasteiger partial charge < -0.3 is 113 Å². The number of aromatic amines is 4. The molecule has 4 aromatic heterocycles. The number of ether oxygens (including phenoxy) is 11. The quantitative estimate of drug-likeness (QED) is 0.0227. The molecule has 0 saturated carbocycles. The van der Waals surface area contributed by atoms with E-state index in [2.05, 4.69) is 127 Å². The molecular formula is C99H128N16O21. The van der Waals surface area contributed by atoms with Crippen LogP contribution in [0.2, 0.25) is 0 Å². The van der Waals surface area contributed by atoms with Gasteiger partial charge >= 0.3 is 36.4 Å². The molecule has 0 spiro atoms. The van der Waals surface area contributed by atoms with Crippen molar-refractivity contribution < 1.29 is 102 Å². The van der Waals surface area contributed by atoms with Crippen LogP contribution < -0.4 is 30.7 Å². The Morgan fingerprint density at radius 2 is 0.853 bits per heavy atom. The van der Waals surface area contributed by atoms with E-state index in [1.165, 1.54) is 42.5 Å². The molecular weight excluding hydrogens is 1750 g/mol. The molecule has 16 rings (SSSR count). The maximum absolute atomic E-state index is 14.1. The Morgan fingerprint density at radius 3 is 1.25 bits per heavy atom. The average molecular weight is 1880 g/mol. The van der Waals surface area contributed by atoms with E-state index in [-0.39, 0.29) is 78.9 Å². The minimum Gasteiger partial charge on any atom is -0.488 e. The van der Waals surface area contributed by atoms with Crippen molar-refractivity contribution >= 4 is 97.8 Å². The van der Waals surface area contributed by atoms with Gasteiger partial charge in [0.2, 0.25) is 17.7 Å². The molecule has 0 bridgehead atoms. The van der Waals surface area contributed by atoms with Crippen LogP contribution in [0.1, 0.15) is 175 Å². The van der Waals surface area contributed by atoms with Crippen LogP contribution in [-0.2, 0) is 75.0 Å². The normalized spacial score (nSPS) is 20.5. The lowest BCUT2D eigenvalue weighted by molar-refractivity contribution is -0.142. The topological polar surface area (TPSA) is 451 Å². The summed E-state index contributed by atoms with van der Waals surface area (Å²) in [5, 5.41) is 22.9. The number of hydrogen-bond donors (Lipinski definition) is 9. The van der Waals surface area contributed by atoms with Gasteiger partial charge in [0.15, 0.2) is 6.04 Å². The zero-order chi connectivity index (χ0) is 97.6. The SMILES string of the molecule is CC[C@H](C)[C@H](NC(=O)OC)C(=O)N1C[C@@H](C)CC1c1ncc(-c2ccc3c(c2)COc2cc4c(ccc5[nH]c([C@@H]6C[C@H](COC)CN6C(=O)OC(C)(C)C)nc54)cc2-3)[nH]1.CC[C@H](C)[C@H](NC(=O)OC)C(=O)N1C[C@@H](C)CC1c1ncc(-c2ccc3c(c2)COc2cc4c(ccc5[nH]c([C@@H]6C[C@H](COC)CN6C(=O)[C@@H](NC(=O)OC)[C@@H](C)OC)nc54)cc2-3)[nH]1.COC(=O)N[C@H](C(=O)O)[C@@H](C)OC.[HH]. The van der Waals surface area contributed by atoms with Crippen LogP contribution in [0.4, 0.5) is 24.0 Å². The summed E-state index contributed by atoms with van der Waals surface area (Å²) in [6.07, 6.45) is 3.59. The van der Waals surface area contributed by atoms with E-state index in [4.69, 9.17) is 72.4 Å². The van der Waals surface area contributed by atoms with Crippen LogP contribution in [0.5, 0.6) is 11.5 Å². The van der Waals surface area contributed by atoms with Crippen molar-refractivity contribution in [3.8, 4) is 56.3 Å². The molecule has 6 aliphatic rings. The number of nitrogens with one attached hydrogen (secondary N) is 8. The van der Waals surface area contributed by atoms with E-state index in [0.29, 0.717) is 77.1 Å². The first kappa shape index (κ1) is 98.9. The minimum absolute atomic E-state index is 0. The third-order valence-electron chi connectivity index (χ3n) is 26.9. The predicted molar refractivity (Wildman–Crippen MR) is 507 cm³/mol. The van der Waals surface area contributed by atoms with Crippen LogP contribution >= 0.6 is 0 Å². The molecule has 10 aromatic rings. The predicted octanol–water partition coefficient (Wildman–Crippen LogP) is 15.0. The lowest BCUT2D eigenvalue weighted by Crippen LogP contribution is -2.54. The molecule has 6 aliphatic heterocycles. The number of aliphatic carboxylic acids is 1. The number of carboxylic acids is 1. The summed E-state index contributed by atoms with van der Waals surface area (Å²) in [5.74, 6) is 3.18. The Hall–Kier alpha value is -13.1. The fraction of sp³-hybridized carbons (Fsp3) is 0.505. The molecule has 0 aliphatic carbocycles. The van der Waals surface area contributed by atoms with Crippen molar-refractivity contribution in [1.29, 1.82) is 0 Å². The number of carboxylic acid groups (broad SMARTS) is 1. The van der Waals surface area contributed by atoms with Crippen molar-refractivity contribution in [3.63, 3.8) is 0 Å². The highest BCUT2D eigenvalue weighted by molar-refractivity contribution is 6.08. The van der Waals surface area contributed by atoms with Crippen LogP contribution in [0, 0.1) is 35.5 Å². The molecule has 0 radical (unpaired) electrons. The maximum Gasteiger partial charge on any atom is 0.410 e. The summed E-state index contributed by atoms with van der Waals surface area (Å²) < 4.78 is 58.7. The van der Waals surface area contributed by atoms with Gasteiger partial charge in [-0.1, -0.05) is 90.8 Å². The molecule has 37 heteroatoms. The standard InChI is InChI=1S/C47H58N8O9.C45H55N7O7.C7H13NO5.H2/c1-9-25(3)39(52-46(58)62-7)44(56)54-20-24(2)14-36(54)42-48-19-35(50-42)29-10-12-31-30(16-29)23-64-38-18-32-28(17-33(31)38)11-13-34-41(32)51-43(49-34)37-15-27(22-60-5)21-55(37)45(57)40(26(4)61-6)53-47(59)63-8;1-9-25(3)38(50-43(54)57-8)42(53)51-20-24(2)14-35(51)40-46-19-34(48-40)28-10-12-30-29(16-28)23-58-37-18-31-27(17-32(30)37)11-13-33-39(31)49-41(47-33)36-15-26(22-56-7)21-52(36)44(55)59-45(4,5)6;1-4(12-2)5(6(9)10)8-7(11)13-3;/h10-13,16-19,24-27,36-37,39-40H,9,14-15,20-23H2,1-8H3,(H,48,50)(H,49,51)(H,52,58)(H,53,59);10-13,16-19,24-26,35-36,38H,9,14-15,20-23H2,1-8H3,(H,46,48)(H,47,49)(H,50,54);4-5H,1-3H3,(H,8,11)(H,9,10);1H/t24-,25-,26+,27-,36?,37-,39-,40-;24-,25-,26-,35?,36-,38-;4-,5+;/m001./s1. The van der Waals surface area contributed by atoms with Gasteiger partial charge in [0, 0.05) is 89.8 Å². The van der Waals surface area contributed by atoms with Crippen molar-refractivity contribution in [2.45, 2.75) is 194 Å². The summed E-state index contributed by atoms with van der Waals surface area (Å²) in [5.41, 5.74) is 12.5. The molecule has 4 saturated heterocycles. The van der Waals surface area contributed by atoms with Gasteiger partial charge in [0.25, 0.3) is 0 Å². The first-order valence-corrected chi connectivity index (χ1v) is 46.2. The van der Waals surface area contributed by atoms with Gasteiger partial charge in [-0.05, 0) is 177 Å². The number of carbonyl (C=O) groups excluding carboxylic acids is 8. The minimum atomic E-state index is -1.17. The van der Waals surface area contributed by atoms with Gasteiger partial charge in [0.1, 0.15) is 71.7 Å². The smallest absolute Gasteiger partial charge is 0.410 e. The molecule has 2 unspecified atom stereocenters. The highest BCUT2D eigenvalue weighted by Gasteiger charge is 2.47. The number of carbonyl (C=O) groups is 9. The van der Waals surface area contributed by atoms with Gasteiger partial charge in [-0.25, -0.2) is 48.7 Å². The summed E-state index contributed by atoms with van der Waals surface area (Å²) >= 11 is 0. The van der Waals surface area contributed by atoms with Crippen LogP contribution in [0.25, 0.3) is 88.4 Å². The number of amides is 8. The summed E-state index contributed by atoms with van der Waals surface area (Å²) in [6, 6.07) is 24.6. The van der Waals surface area contributed by atoms with E-state index in [0.717, 1.165) is 155 Å². The van der Waals surface area contributed by atoms with Crippen molar-refractivity contribution in [2.75, 3.05) is 96.3 Å². The number of hydrogen-bond acceptors (Lipinski definition) is 24. The highest BCUT2D eigenvalue weighted by atomic mass is 16.6. The molecule has 16 atom stereocenters. The fourth-order valence-electron chi connectivity index (χ4n) is 19.2. The molecule has 37 nitrogen and oxygen atoms in total. The van der Waals surface area contributed by atoms with Crippen LogP contribution in [0.3, 0.4) is 0 Å². The number of H-pyrrole nitrogens is 4. The zero-order valence-corrected chi connectivity index (χ0v) is 80.6. The second kappa shape index (κ2) is 42.4.